The maximum absolute atomic E-state index is 5.74. The Kier molecular flexibility index (Phi) is 6.50. The number of hydrogen-bond donors (Lipinski definition) is 1. The van der Waals surface area contributed by atoms with Crippen LogP contribution in [0.1, 0.15) is 66.2 Å². The Labute approximate surface area is 108 Å². The summed E-state index contributed by atoms with van der Waals surface area (Å²) in [6.45, 7) is 11.0. The van der Waals surface area contributed by atoms with E-state index in [9.17, 15) is 0 Å². The van der Waals surface area contributed by atoms with Gasteiger partial charge in [-0.3, -0.25) is 0 Å². The Morgan fingerprint density at radius 1 is 1.12 bits per heavy atom. The number of nitrogens with one attached hydrogen (secondary N) is 1. The van der Waals surface area contributed by atoms with Crippen LogP contribution >= 0.6 is 0 Å². The van der Waals surface area contributed by atoms with E-state index in [0.717, 1.165) is 6.61 Å². The fourth-order valence-corrected chi connectivity index (χ4v) is 2.72. The zero-order valence-corrected chi connectivity index (χ0v) is 12.2. The lowest BCUT2D eigenvalue weighted by Gasteiger charge is -2.52. The van der Waals surface area contributed by atoms with Crippen molar-refractivity contribution in [2.45, 2.75) is 78.4 Å². The fraction of sp³-hybridized carbons (Fsp3) is 1.00. The van der Waals surface area contributed by atoms with Gasteiger partial charge in [0.05, 0.1) is 6.10 Å². The summed E-state index contributed by atoms with van der Waals surface area (Å²) in [5, 5.41) is 3.69. The fourth-order valence-electron chi connectivity index (χ4n) is 2.72. The van der Waals surface area contributed by atoms with E-state index < -0.39 is 0 Å². The third kappa shape index (κ3) is 4.26. The second kappa shape index (κ2) is 7.38. The minimum absolute atomic E-state index is 0.319. The SMILES string of the molecule is CCCCCCCNC1CC(OCC)C1(C)C. The van der Waals surface area contributed by atoms with Gasteiger partial charge in [-0.1, -0.05) is 46.5 Å². The van der Waals surface area contributed by atoms with E-state index in [0.29, 0.717) is 17.6 Å². The van der Waals surface area contributed by atoms with Gasteiger partial charge < -0.3 is 10.1 Å². The van der Waals surface area contributed by atoms with Gasteiger partial charge in [-0.15, -0.1) is 0 Å². The zero-order chi connectivity index (χ0) is 12.7. The predicted octanol–water partition coefficient (Wildman–Crippen LogP) is 3.75. The summed E-state index contributed by atoms with van der Waals surface area (Å²) in [5.41, 5.74) is 0.319. The Morgan fingerprint density at radius 2 is 1.82 bits per heavy atom. The Balaban J connectivity index is 2.05. The smallest absolute Gasteiger partial charge is 0.0655 e. The van der Waals surface area contributed by atoms with Crippen LogP contribution in [0.5, 0.6) is 0 Å². The molecule has 0 radical (unpaired) electrons. The van der Waals surface area contributed by atoms with Gasteiger partial charge >= 0.3 is 0 Å². The summed E-state index contributed by atoms with van der Waals surface area (Å²) in [4.78, 5) is 0. The van der Waals surface area contributed by atoms with Crippen LogP contribution in [-0.4, -0.2) is 25.3 Å². The molecule has 0 spiro atoms. The summed E-state index contributed by atoms with van der Waals surface area (Å²) in [6, 6.07) is 0.658. The van der Waals surface area contributed by atoms with Crippen molar-refractivity contribution < 1.29 is 4.74 Å². The summed E-state index contributed by atoms with van der Waals surface area (Å²) in [5.74, 6) is 0. The highest BCUT2D eigenvalue weighted by Gasteiger charge is 2.48. The summed E-state index contributed by atoms with van der Waals surface area (Å²) in [7, 11) is 0. The molecule has 0 saturated heterocycles. The molecule has 0 bridgehead atoms. The van der Waals surface area contributed by atoms with Gasteiger partial charge in [0.15, 0.2) is 0 Å². The highest BCUT2D eigenvalue weighted by molar-refractivity contribution is 5.02. The third-order valence-corrected chi connectivity index (χ3v) is 4.22. The monoisotopic (exact) mass is 241 g/mol. The molecule has 0 aromatic rings. The molecule has 2 nitrogen and oxygen atoms in total. The molecule has 2 unspecified atom stereocenters. The van der Waals surface area contributed by atoms with Gasteiger partial charge in [0.2, 0.25) is 0 Å². The number of unbranched alkanes of at least 4 members (excludes halogenated alkanes) is 4. The molecule has 1 aliphatic rings. The molecule has 1 aliphatic carbocycles. The molecular weight excluding hydrogens is 210 g/mol. The first-order valence-electron chi connectivity index (χ1n) is 7.47. The second-order valence-electron chi connectivity index (χ2n) is 5.92. The normalized spacial score (nSPS) is 26.8. The molecule has 1 N–H and O–H groups in total. The Morgan fingerprint density at radius 3 is 2.41 bits per heavy atom. The van der Waals surface area contributed by atoms with E-state index in [1.165, 1.54) is 45.1 Å². The standard InChI is InChI=1S/C15H31NO/c1-5-7-8-9-10-11-16-13-12-14(17-6-2)15(13,3)4/h13-14,16H,5-12H2,1-4H3. The lowest BCUT2D eigenvalue weighted by molar-refractivity contribution is -0.113. The Bertz CT molecular complexity index is 203. The first-order chi connectivity index (χ1) is 8.12. The van der Waals surface area contributed by atoms with Crippen LogP contribution in [-0.2, 0) is 4.74 Å². The minimum atomic E-state index is 0.319. The number of rotatable bonds is 9. The van der Waals surface area contributed by atoms with Crippen molar-refractivity contribution in [3.8, 4) is 0 Å². The summed E-state index contributed by atoms with van der Waals surface area (Å²) < 4.78 is 5.74. The van der Waals surface area contributed by atoms with Crippen molar-refractivity contribution in [1.82, 2.24) is 5.32 Å². The molecule has 2 atom stereocenters. The third-order valence-electron chi connectivity index (χ3n) is 4.22. The van der Waals surface area contributed by atoms with Gasteiger partial charge in [0, 0.05) is 18.1 Å². The molecule has 102 valence electrons. The van der Waals surface area contributed by atoms with Crippen molar-refractivity contribution in [2.75, 3.05) is 13.2 Å². The number of ether oxygens (including phenoxy) is 1. The highest BCUT2D eigenvalue weighted by atomic mass is 16.5. The average molecular weight is 241 g/mol. The lowest BCUT2D eigenvalue weighted by atomic mass is 9.64. The van der Waals surface area contributed by atoms with Gasteiger partial charge in [-0.05, 0) is 26.3 Å². The van der Waals surface area contributed by atoms with E-state index in [4.69, 9.17) is 4.74 Å². The second-order valence-corrected chi connectivity index (χ2v) is 5.92. The van der Waals surface area contributed by atoms with Gasteiger partial charge in [-0.25, -0.2) is 0 Å². The molecule has 1 rings (SSSR count). The Hall–Kier alpha value is -0.0800. The quantitative estimate of drug-likeness (QED) is 0.621. The largest absolute Gasteiger partial charge is 0.378 e. The van der Waals surface area contributed by atoms with Crippen LogP contribution in [0.15, 0.2) is 0 Å². The van der Waals surface area contributed by atoms with Crippen molar-refractivity contribution >= 4 is 0 Å². The molecule has 17 heavy (non-hydrogen) atoms. The molecule has 1 saturated carbocycles. The van der Waals surface area contributed by atoms with E-state index >= 15 is 0 Å². The average Bonchev–Trinajstić information content (AvgIpc) is 2.31. The summed E-state index contributed by atoms with van der Waals surface area (Å²) >= 11 is 0. The molecule has 2 heteroatoms. The van der Waals surface area contributed by atoms with Crippen LogP contribution in [0.2, 0.25) is 0 Å². The maximum atomic E-state index is 5.74. The molecule has 0 aromatic heterocycles. The van der Waals surface area contributed by atoms with Crippen LogP contribution in [0.4, 0.5) is 0 Å². The predicted molar refractivity (Wildman–Crippen MR) is 74.4 cm³/mol. The van der Waals surface area contributed by atoms with E-state index in [2.05, 4.69) is 33.0 Å². The first-order valence-corrected chi connectivity index (χ1v) is 7.47. The molecule has 0 amide bonds. The van der Waals surface area contributed by atoms with Crippen molar-refractivity contribution in [2.24, 2.45) is 5.41 Å². The van der Waals surface area contributed by atoms with Gasteiger partial charge in [-0.2, -0.15) is 0 Å². The van der Waals surface area contributed by atoms with Crippen LogP contribution in [0.3, 0.4) is 0 Å². The van der Waals surface area contributed by atoms with Crippen molar-refractivity contribution in [3.05, 3.63) is 0 Å². The minimum Gasteiger partial charge on any atom is -0.378 e. The van der Waals surface area contributed by atoms with Crippen LogP contribution < -0.4 is 5.32 Å². The first kappa shape index (κ1) is 15.0. The van der Waals surface area contributed by atoms with E-state index in [1.807, 2.05) is 0 Å². The van der Waals surface area contributed by atoms with E-state index in [1.54, 1.807) is 0 Å². The zero-order valence-electron chi connectivity index (χ0n) is 12.2. The maximum Gasteiger partial charge on any atom is 0.0655 e. The van der Waals surface area contributed by atoms with E-state index in [-0.39, 0.29) is 0 Å². The van der Waals surface area contributed by atoms with Crippen molar-refractivity contribution in [3.63, 3.8) is 0 Å². The highest BCUT2D eigenvalue weighted by Crippen LogP contribution is 2.42. The molecule has 1 fully saturated rings. The molecule has 0 aliphatic heterocycles. The topological polar surface area (TPSA) is 21.3 Å². The molecule has 0 aromatic carbocycles. The summed E-state index contributed by atoms with van der Waals surface area (Å²) in [6.07, 6.45) is 8.48. The van der Waals surface area contributed by atoms with Crippen LogP contribution in [0.25, 0.3) is 0 Å². The van der Waals surface area contributed by atoms with Crippen molar-refractivity contribution in [1.29, 1.82) is 0 Å². The lowest BCUT2D eigenvalue weighted by Crippen LogP contribution is -2.61. The van der Waals surface area contributed by atoms with Gasteiger partial charge in [0.1, 0.15) is 0 Å². The molecule has 0 heterocycles. The van der Waals surface area contributed by atoms with Gasteiger partial charge in [0.25, 0.3) is 0 Å². The van der Waals surface area contributed by atoms with Crippen LogP contribution in [0, 0.1) is 5.41 Å². The molecular formula is C15H31NO. The number of hydrogen-bond acceptors (Lipinski definition) is 2.